The van der Waals surface area contributed by atoms with Crippen LogP contribution in [-0.2, 0) is 6.54 Å². The lowest BCUT2D eigenvalue weighted by molar-refractivity contribution is 0.439. The van der Waals surface area contributed by atoms with Crippen LogP contribution < -0.4 is 5.56 Å². The Morgan fingerprint density at radius 3 is 2.82 bits per heavy atom. The number of aromatic nitrogens is 2. The number of hydrogen-bond acceptors (Lipinski definition) is 4. The molecule has 0 saturated carbocycles. The second-order valence-corrected chi connectivity index (χ2v) is 4.83. The van der Waals surface area contributed by atoms with Gasteiger partial charge in [0, 0.05) is 12.3 Å². The SMILES string of the molecule is O=c1c(-c2ccccc2)c(O)nc2n1CCS2. The summed E-state index contributed by atoms with van der Waals surface area (Å²) < 4.78 is 1.62. The summed E-state index contributed by atoms with van der Waals surface area (Å²) in [6.45, 7) is 0.659. The zero-order valence-electron chi connectivity index (χ0n) is 8.96. The van der Waals surface area contributed by atoms with Crippen molar-refractivity contribution in [3.63, 3.8) is 0 Å². The van der Waals surface area contributed by atoms with E-state index in [-0.39, 0.29) is 17.0 Å². The molecule has 0 radical (unpaired) electrons. The number of thioether (sulfide) groups is 1. The molecule has 1 N–H and O–H groups in total. The lowest BCUT2D eigenvalue weighted by Gasteiger charge is -2.07. The van der Waals surface area contributed by atoms with Gasteiger partial charge in [0.05, 0.1) is 0 Å². The minimum Gasteiger partial charge on any atom is -0.493 e. The first-order valence-corrected chi connectivity index (χ1v) is 6.28. The molecule has 0 unspecified atom stereocenters. The third-order valence-corrected chi connectivity index (χ3v) is 3.68. The fourth-order valence-corrected chi connectivity index (χ4v) is 2.85. The molecule has 4 nitrogen and oxygen atoms in total. The van der Waals surface area contributed by atoms with Gasteiger partial charge in [0.25, 0.3) is 5.56 Å². The zero-order chi connectivity index (χ0) is 11.8. The van der Waals surface area contributed by atoms with Crippen LogP contribution in [0.2, 0.25) is 0 Å². The van der Waals surface area contributed by atoms with Gasteiger partial charge in [-0.3, -0.25) is 9.36 Å². The second kappa shape index (κ2) is 3.92. The summed E-state index contributed by atoms with van der Waals surface area (Å²) in [5.74, 6) is 0.654. The van der Waals surface area contributed by atoms with E-state index in [0.29, 0.717) is 17.3 Å². The maximum Gasteiger partial charge on any atom is 0.265 e. The van der Waals surface area contributed by atoms with E-state index in [0.717, 1.165) is 5.75 Å². The summed E-state index contributed by atoms with van der Waals surface area (Å²) in [7, 11) is 0. The Morgan fingerprint density at radius 1 is 1.29 bits per heavy atom. The van der Waals surface area contributed by atoms with Crippen molar-refractivity contribution in [2.45, 2.75) is 11.7 Å². The van der Waals surface area contributed by atoms with Crippen LogP contribution in [0.15, 0.2) is 40.3 Å². The van der Waals surface area contributed by atoms with Gasteiger partial charge >= 0.3 is 0 Å². The highest BCUT2D eigenvalue weighted by Crippen LogP contribution is 2.29. The van der Waals surface area contributed by atoms with Crippen molar-refractivity contribution >= 4 is 11.8 Å². The molecule has 0 bridgehead atoms. The van der Waals surface area contributed by atoms with Crippen molar-refractivity contribution in [3.8, 4) is 17.0 Å². The average Bonchev–Trinajstić information content (AvgIpc) is 2.78. The zero-order valence-corrected chi connectivity index (χ0v) is 9.78. The van der Waals surface area contributed by atoms with Crippen molar-refractivity contribution in [1.29, 1.82) is 0 Å². The fourth-order valence-electron chi connectivity index (χ4n) is 1.92. The first-order valence-electron chi connectivity index (χ1n) is 5.29. The van der Waals surface area contributed by atoms with Gasteiger partial charge in [-0.1, -0.05) is 42.1 Å². The van der Waals surface area contributed by atoms with Crippen LogP contribution in [0.25, 0.3) is 11.1 Å². The molecule has 0 amide bonds. The smallest absolute Gasteiger partial charge is 0.265 e. The topological polar surface area (TPSA) is 55.1 Å². The van der Waals surface area contributed by atoms with Gasteiger partial charge in [0.1, 0.15) is 5.56 Å². The molecule has 2 heterocycles. The first-order chi connectivity index (χ1) is 8.27. The van der Waals surface area contributed by atoms with Crippen LogP contribution in [0.1, 0.15) is 0 Å². The molecule has 1 aliphatic heterocycles. The second-order valence-electron chi connectivity index (χ2n) is 3.76. The number of aromatic hydroxyl groups is 1. The van der Waals surface area contributed by atoms with E-state index < -0.39 is 0 Å². The molecule has 0 spiro atoms. The molecule has 5 heteroatoms. The Morgan fingerprint density at radius 2 is 2.06 bits per heavy atom. The third-order valence-electron chi connectivity index (χ3n) is 2.72. The monoisotopic (exact) mass is 246 g/mol. The highest BCUT2D eigenvalue weighted by Gasteiger charge is 2.21. The molecule has 1 aromatic carbocycles. The predicted octanol–water partition coefficient (Wildman–Crippen LogP) is 1.72. The van der Waals surface area contributed by atoms with Crippen molar-refractivity contribution in [2.24, 2.45) is 0 Å². The van der Waals surface area contributed by atoms with E-state index in [2.05, 4.69) is 4.98 Å². The molecule has 17 heavy (non-hydrogen) atoms. The molecule has 1 aromatic heterocycles. The maximum atomic E-state index is 12.2. The first kappa shape index (κ1) is 10.4. The Hall–Kier alpha value is -1.75. The quantitative estimate of drug-likeness (QED) is 0.778. The maximum absolute atomic E-state index is 12.2. The van der Waals surface area contributed by atoms with Gasteiger partial charge in [0.15, 0.2) is 5.16 Å². The average molecular weight is 246 g/mol. The van der Waals surface area contributed by atoms with E-state index in [1.165, 1.54) is 11.8 Å². The summed E-state index contributed by atoms with van der Waals surface area (Å²) in [5, 5.41) is 10.5. The van der Waals surface area contributed by atoms with Crippen molar-refractivity contribution in [1.82, 2.24) is 9.55 Å². The van der Waals surface area contributed by atoms with Crippen LogP contribution in [0.3, 0.4) is 0 Å². The number of benzene rings is 1. The summed E-state index contributed by atoms with van der Waals surface area (Å²) >= 11 is 1.49. The summed E-state index contributed by atoms with van der Waals surface area (Å²) in [4.78, 5) is 16.3. The fraction of sp³-hybridized carbons (Fsp3) is 0.167. The van der Waals surface area contributed by atoms with Crippen LogP contribution >= 0.6 is 11.8 Å². The van der Waals surface area contributed by atoms with Crippen molar-refractivity contribution in [3.05, 3.63) is 40.7 Å². The molecular formula is C12H10N2O2S. The van der Waals surface area contributed by atoms with Crippen molar-refractivity contribution < 1.29 is 5.11 Å². The third kappa shape index (κ3) is 1.63. The number of fused-ring (bicyclic) bond motifs is 1. The summed E-state index contributed by atoms with van der Waals surface area (Å²) in [6.07, 6.45) is 0. The molecule has 3 rings (SSSR count). The number of nitrogens with zero attached hydrogens (tertiary/aromatic N) is 2. The molecule has 0 saturated heterocycles. The molecule has 0 aliphatic carbocycles. The standard InChI is InChI=1S/C12H10N2O2S/c15-10-9(8-4-2-1-3-5-8)11(16)14-6-7-17-12(14)13-10/h1-5,15H,6-7H2. The van der Waals surface area contributed by atoms with E-state index in [9.17, 15) is 9.90 Å². The van der Waals surface area contributed by atoms with Gasteiger partial charge < -0.3 is 5.11 Å². The molecule has 86 valence electrons. The highest BCUT2D eigenvalue weighted by molar-refractivity contribution is 7.99. The summed E-state index contributed by atoms with van der Waals surface area (Å²) in [6, 6.07) is 9.14. The number of hydrogen-bond donors (Lipinski definition) is 1. The van der Waals surface area contributed by atoms with Crippen molar-refractivity contribution in [2.75, 3.05) is 5.75 Å². The van der Waals surface area contributed by atoms with E-state index in [1.54, 1.807) is 16.7 Å². The van der Waals surface area contributed by atoms with Gasteiger partial charge in [0.2, 0.25) is 5.88 Å². The van der Waals surface area contributed by atoms with Crippen LogP contribution in [0, 0.1) is 0 Å². The van der Waals surface area contributed by atoms with Gasteiger partial charge in [-0.2, -0.15) is 4.98 Å². The Kier molecular flexibility index (Phi) is 2.40. The van der Waals surface area contributed by atoms with E-state index in [4.69, 9.17) is 0 Å². The Labute approximate surface area is 102 Å². The Bertz CT molecular complexity index is 622. The molecule has 2 aromatic rings. The van der Waals surface area contributed by atoms with Crippen LogP contribution in [0.4, 0.5) is 0 Å². The largest absolute Gasteiger partial charge is 0.493 e. The van der Waals surface area contributed by atoms with Crippen LogP contribution in [0.5, 0.6) is 5.88 Å². The minimum absolute atomic E-state index is 0.163. The summed E-state index contributed by atoms with van der Waals surface area (Å²) in [5.41, 5.74) is 0.829. The minimum atomic E-state index is -0.179. The molecular weight excluding hydrogens is 236 g/mol. The number of rotatable bonds is 1. The van der Waals surface area contributed by atoms with Gasteiger partial charge in [-0.25, -0.2) is 0 Å². The predicted molar refractivity (Wildman–Crippen MR) is 66.3 cm³/mol. The van der Waals surface area contributed by atoms with E-state index >= 15 is 0 Å². The molecule has 1 aliphatic rings. The van der Waals surface area contributed by atoms with Gasteiger partial charge in [-0.05, 0) is 5.56 Å². The van der Waals surface area contributed by atoms with E-state index in [1.807, 2.05) is 18.2 Å². The molecule has 0 atom stereocenters. The molecule has 0 fully saturated rings. The van der Waals surface area contributed by atoms with Gasteiger partial charge in [-0.15, -0.1) is 0 Å². The lowest BCUT2D eigenvalue weighted by atomic mass is 10.1. The van der Waals surface area contributed by atoms with Crippen LogP contribution in [-0.4, -0.2) is 20.4 Å². The normalized spacial score (nSPS) is 13.6. The highest BCUT2D eigenvalue weighted by atomic mass is 32.2. The Balaban J connectivity index is 2.28. The lowest BCUT2D eigenvalue weighted by Crippen LogP contribution is -2.22.